The minimum atomic E-state index is -0.342. The van der Waals surface area contributed by atoms with Crippen molar-refractivity contribution in [2.45, 2.75) is 11.8 Å². The number of hydrogen-bond donors (Lipinski definition) is 1. The van der Waals surface area contributed by atoms with E-state index in [0.717, 1.165) is 10.6 Å². The van der Waals surface area contributed by atoms with Gasteiger partial charge in [0.1, 0.15) is 5.82 Å². The molecule has 0 aromatic heterocycles. The number of hydrogen-bond acceptors (Lipinski definition) is 2. The summed E-state index contributed by atoms with van der Waals surface area (Å²) in [4.78, 5) is 0.907. The van der Waals surface area contributed by atoms with Gasteiger partial charge in [-0.2, -0.15) is 0 Å². The molecule has 0 bridgehead atoms. The van der Waals surface area contributed by atoms with Gasteiger partial charge in [0.05, 0.1) is 5.69 Å². The summed E-state index contributed by atoms with van der Waals surface area (Å²) in [6, 6.07) is 4.88. The van der Waals surface area contributed by atoms with Crippen molar-refractivity contribution >= 4 is 17.4 Å². The van der Waals surface area contributed by atoms with Crippen LogP contribution in [0, 0.1) is 5.82 Å². The topological polar surface area (TPSA) is 26.0 Å². The van der Waals surface area contributed by atoms with E-state index in [0.29, 0.717) is 0 Å². The molecule has 0 radical (unpaired) electrons. The van der Waals surface area contributed by atoms with E-state index in [9.17, 15) is 4.39 Å². The van der Waals surface area contributed by atoms with E-state index in [1.807, 2.05) is 25.1 Å². The first kappa shape index (κ1) is 10.1. The Kier molecular flexibility index (Phi) is 3.83. The fourth-order valence-corrected chi connectivity index (χ4v) is 1.67. The van der Waals surface area contributed by atoms with Crippen LogP contribution in [0.3, 0.4) is 0 Å². The second kappa shape index (κ2) is 4.92. The predicted molar refractivity (Wildman–Crippen MR) is 56.4 cm³/mol. The Hall–Kier alpha value is -0.960. The zero-order chi connectivity index (χ0) is 9.68. The van der Waals surface area contributed by atoms with E-state index >= 15 is 0 Å². The molecule has 0 saturated carbocycles. The molecule has 0 heterocycles. The van der Waals surface area contributed by atoms with Crippen LogP contribution in [0.15, 0.2) is 35.2 Å². The molecule has 0 aliphatic heterocycles. The van der Waals surface area contributed by atoms with E-state index in [1.54, 1.807) is 17.8 Å². The average Bonchev–Trinajstić information content (AvgIpc) is 2.12. The maximum atomic E-state index is 12.9. The summed E-state index contributed by atoms with van der Waals surface area (Å²) in [5, 5.41) is 0. The summed E-state index contributed by atoms with van der Waals surface area (Å²) in [7, 11) is 0. The van der Waals surface area contributed by atoms with Crippen molar-refractivity contribution in [1.82, 2.24) is 0 Å². The van der Waals surface area contributed by atoms with Gasteiger partial charge in [0.25, 0.3) is 0 Å². The summed E-state index contributed by atoms with van der Waals surface area (Å²) in [5.74, 6) is 0.519. The van der Waals surface area contributed by atoms with Gasteiger partial charge in [-0.05, 0) is 25.1 Å². The van der Waals surface area contributed by atoms with Gasteiger partial charge in [0, 0.05) is 10.6 Å². The highest BCUT2D eigenvalue weighted by molar-refractivity contribution is 7.99. The van der Waals surface area contributed by atoms with Crippen molar-refractivity contribution in [2.24, 2.45) is 0 Å². The normalized spacial score (nSPS) is 10.9. The van der Waals surface area contributed by atoms with Gasteiger partial charge in [-0.25, -0.2) is 4.39 Å². The van der Waals surface area contributed by atoms with Gasteiger partial charge < -0.3 is 5.73 Å². The number of benzene rings is 1. The van der Waals surface area contributed by atoms with Gasteiger partial charge in [-0.3, -0.25) is 0 Å². The van der Waals surface area contributed by atoms with E-state index in [-0.39, 0.29) is 11.5 Å². The van der Waals surface area contributed by atoms with E-state index < -0.39 is 0 Å². The largest absolute Gasteiger partial charge is 0.396 e. The van der Waals surface area contributed by atoms with Gasteiger partial charge in [0.15, 0.2) is 0 Å². The fraction of sp³-hybridized carbons (Fsp3) is 0.200. The Bertz CT molecular complexity index is 310. The molecule has 0 fully saturated rings. The highest BCUT2D eigenvalue weighted by atomic mass is 32.2. The number of nitrogen functional groups attached to an aromatic ring is 1. The first-order valence-electron chi connectivity index (χ1n) is 4.03. The molecule has 1 rings (SSSR count). The first-order valence-corrected chi connectivity index (χ1v) is 5.01. The van der Waals surface area contributed by atoms with Crippen LogP contribution in [-0.4, -0.2) is 5.75 Å². The van der Waals surface area contributed by atoms with Crippen LogP contribution >= 0.6 is 11.8 Å². The zero-order valence-corrected chi connectivity index (χ0v) is 8.27. The minimum absolute atomic E-state index is 0.204. The Balaban J connectivity index is 2.63. The molecule has 70 valence electrons. The van der Waals surface area contributed by atoms with Crippen molar-refractivity contribution in [1.29, 1.82) is 0 Å². The Labute approximate surface area is 81.8 Å². The number of anilines is 1. The molecule has 13 heavy (non-hydrogen) atoms. The maximum Gasteiger partial charge on any atom is 0.147 e. The number of nitrogens with two attached hydrogens (primary N) is 1. The third kappa shape index (κ3) is 3.11. The second-order valence-electron chi connectivity index (χ2n) is 2.56. The van der Waals surface area contributed by atoms with E-state index in [1.165, 1.54) is 6.07 Å². The van der Waals surface area contributed by atoms with Crippen molar-refractivity contribution < 1.29 is 4.39 Å². The molecule has 0 atom stereocenters. The quantitative estimate of drug-likeness (QED) is 0.458. The first-order chi connectivity index (χ1) is 6.24. The molecule has 0 saturated heterocycles. The Morgan fingerprint density at radius 1 is 1.54 bits per heavy atom. The summed E-state index contributed by atoms with van der Waals surface area (Å²) < 4.78 is 12.9. The minimum Gasteiger partial charge on any atom is -0.396 e. The molecule has 3 heteroatoms. The van der Waals surface area contributed by atoms with Crippen LogP contribution in [0.2, 0.25) is 0 Å². The Morgan fingerprint density at radius 3 is 2.92 bits per heavy atom. The SMILES string of the molecule is CC=CCSc1ccc(N)c(F)c1. The molecule has 0 spiro atoms. The summed E-state index contributed by atoms with van der Waals surface area (Å²) in [5.41, 5.74) is 5.55. The molecule has 0 amide bonds. The van der Waals surface area contributed by atoms with Gasteiger partial charge in [-0.1, -0.05) is 12.2 Å². The van der Waals surface area contributed by atoms with E-state index in [2.05, 4.69) is 0 Å². The molecule has 0 unspecified atom stereocenters. The third-order valence-corrected chi connectivity index (χ3v) is 2.50. The van der Waals surface area contributed by atoms with Gasteiger partial charge in [0.2, 0.25) is 0 Å². The molecule has 1 aromatic rings. The molecule has 0 aliphatic carbocycles. The van der Waals surface area contributed by atoms with Crippen LogP contribution in [0.25, 0.3) is 0 Å². The van der Waals surface area contributed by atoms with Gasteiger partial charge >= 0.3 is 0 Å². The van der Waals surface area contributed by atoms with Crippen LogP contribution < -0.4 is 5.73 Å². The van der Waals surface area contributed by atoms with Crippen LogP contribution in [0.4, 0.5) is 10.1 Å². The summed E-state index contributed by atoms with van der Waals surface area (Å²) in [6.45, 7) is 1.96. The third-order valence-electron chi connectivity index (χ3n) is 1.55. The van der Waals surface area contributed by atoms with Crippen LogP contribution in [0.5, 0.6) is 0 Å². The van der Waals surface area contributed by atoms with Gasteiger partial charge in [-0.15, -0.1) is 11.8 Å². The molecule has 0 aliphatic rings. The Morgan fingerprint density at radius 2 is 2.31 bits per heavy atom. The summed E-state index contributed by atoms with van der Waals surface area (Å²) in [6.07, 6.45) is 4.00. The summed E-state index contributed by atoms with van der Waals surface area (Å²) >= 11 is 1.59. The lowest BCUT2D eigenvalue weighted by Gasteiger charge is -2.00. The number of halogens is 1. The lowest BCUT2D eigenvalue weighted by Crippen LogP contribution is -1.89. The smallest absolute Gasteiger partial charge is 0.147 e. The molecular formula is C10H12FNS. The highest BCUT2D eigenvalue weighted by Gasteiger charge is 1.98. The second-order valence-corrected chi connectivity index (χ2v) is 3.66. The standard InChI is InChI=1S/C10H12FNS/c1-2-3-6-13-8-4-5-10(12)9(11)7-8/h2-5,7H,6,12H2,1H3. The van der Waals surface area contributed by atoms with Crippen molar-refractivity contribution in [3.05, 3.63) is 36.2 Å². The molecule has 1 aromatic carbocycles. The number of thioether (sulfide) groups is 1. The maximum absolute atomic E-state index is 12.9. The van der Waals surface area contributed by atoms with Crippen molar-refractivity contribution in [2.75, 3.05) is 11.5 Å². The number of rotatable bonds is 3. The number of allylic oxidation sites excluding steroid dienone is 1. The monoisotopic (exact) mass is 197 g/mol. The van der Waals surface area contributed by atoms with Crippen LogP contribution in [0.1, 0.15) is 6.92 Å². The lowest BCUT2D eigenvalue weighted by molar-refractivity contribution is 0.629. The molecule has 1 nitrogen and oxygen atoms in total. The highest BCUT2D eigenvalue weighted by Crippen LogP contribution is 2.21. The zero-order valence-electron chi connectivity index (χ0n) is 7.46. The fourth-order valence-electron chi connectivity index (χ4n) is 0.838. The molecular weight excluding hydrogens is 185 g/mol. The van der Waals surface area contributed by atoms with Crippen molar-refractivity contribution in [3.8, 4) is 0 Å². The van der Waals surface area contributed by atoms with E-state index in [4.69, 9.17) is 5.73 Å². The lowest BCUT2D eigenvalue weighted by atomic mass is 10.3. The predicted octanol–water partition coefficient (Wildman–Crippen LogP) is 3.08. The van der Waals surface area contributed by atoms with Crippen LogP contribution in [-0.2, 0) is 0 Å². The molecule has 2 N–H and O–H groups in total. The van der Waals surface area contributed by atoms with Crippen molar-refractivity contribution in [3.63, 3.8) is 0 Å². The average molecular weight is 197 g/mol.